The van der Waals surface area contributed by atoms with Crippen LogP contribution in [0.2, 0.25) is 0 Å². The van der Waals surface area contributed by atoms with Crippen LogP contribution in [0.4, 0.5) is 11.4 Å². The van der Waals surface area contributed by atoms with Gasteiger partial charge < -0.3 is 15.4 Å². The van der Waals surface area contributed by atoms with Crippen LogP contribution in [0.15, 0.2) is 18.5 Å². The number of pyridine rings is 1. The Labute approximate surface area is 96.4 Å². The lowest BCUT2D eigenvalue weighted by atomic mass is 10.0. The van der Waals surface area contributed by atoms with Crippen LogP contribution in [-0.2, 0) is 4.74 Å². The maximum Gasteiger partial charge on any atom is 0.0549 e. The number of anilines is 2. The Morgan fingerprint density at radius 3 is 2.94 bits per heavy atom. The standard InChI is InChI=1S/C12H19N3O/c1-9(10-3-4-16-8-10)15-12-5-11(13-2)6-14-7-12/h5-7,9-10,13,15H,3-4,8H2,1-2H3. The summed E-state index contributed by atoms with van der Waals surface area (Å²) in [5.41, 5.74) is 2.09. The van der Waals surface area contributed by atoms with Gasteiger partial charge in [0.15, 0.2) is 0 Å². The molecule has 0 bridgehead atoms. The summed E-state index contributed by atoms with van der Waals surface area (Å²) >= 11 is 0. The second-order valence-electron chi connectivity index (χ2n) is 4.27. The van der Waals surface area contributed by atoms with Crippen molar-refractivity contribution in [1.82, 2.24) is 4.98 Å². The number of ether oxygens (including phenoxy) is 1. The summed E-state index contributed by atoms with van der Waals surface area (Å²) in [4.78, 5) is 4.18. The van der Waals surface area contributed by atoms with E-state index in [1.54, 1.807) is 0 Å². The number of hydrogen-bond donors (Lipinski definition) is 2. The van der Waals surface area contributed by atoms with Gasteiger partial charge in [-0.1, -0.05) is 0 Å². The maximum atomic E-state index is 5.39. The molecule has 1 saturated heterocycles. The summed E-state index contributed by atoms with van der Waals surface area (Å²) in [6, 6.07) is 2.50. The van der Waals surface area contributed by atoms with E-state index in [0.29, 0.717) is 12.0 Å². The molecule has 0 aromatic carbocycles. The smallest absolute Gasteiger partial charge is 0.0549 e. The molecule has 2 unspecified atom stereocenters. The predicted molar refractivity (Wildman–Crippen MR) is 65.8 cm³/mol. The van der Waals surface area contributed by atoms with Crippen LogP contribution in [0, 0.1) is 5.92 Å². The topological polar surface area (TPSA) is 46.2 Å². The van der Waals surface area contributed by atoms with E-state index in [9.17, 15) is 0 Å². The molecule has 2 N–H and O–H groups in total. The molecule has 2 atom stereocenters. The molecule has 1 aromatic rings. The van der Waals surface area contributed by atoms with Crippen molar-refractivity contribution >= 4 is 11.4 Å². The lowest BCUT2D eigenvalue weighted by Crippen LogP contribution is -2.26. The highest BCUT2D eigenvalue weighted by molar-refractivity contribution is 5.54. The van der Waals surface area contributed by atoms with E-state index >= 15 is 0 Å². The van der Waals surface area contributed by atoms with E-state index < -0.39 is 0 Å². The van der Waals surface area contributed by atoms with Crippen molar-refractivity contribution in [3.63, 3.8) is 0 Å². The van der Waals surface area contributed by atoms with E-state index in [1.807, 2.05) is 19.4 Å². The monoisotopic (exact) mass is 221 g/mol. The van der Waals surface area contributed by atoms with Gasteiger partial charge >= 0.3 is 0 Å². The Balaban J connectivity index is 1.96. The third-order valence-corrected chi connectivity index (χ3v) is 3.09. The molecule has 2 heterocycles. The van der Waals surface area contributed by atoms with E-state index in [1.165, 1.54) is 0 Å². The number of aromatic nitrogens is 1. The lowest BCUT2D eigenvalue weighted by molar-refractivity contribution is 0.183. The first-order valence-corrected chi connectivity index (χ1v) is 5.76. The number of nitrogens with one attached hydrogen (secondary N) is 2. The molecular formula is C12H19N3O. The minimum atomic E-state index is 0.427. The van der Waals surface area contributed by atoms with Gasteiger partial charge in [0.25, 0.3) is 0 Å². The molecule has 0 spiro atoms. The molecular weight excluding hydrogens is 202 g/mol. The quantitative estimate of drug-likeness (QED) is 0.816. The average molecular weight is 221 g/mol. The van der Waals surface area contributed by atoms with E-state index in [-0.39, 0.29) is 0 Å². The molecule has 0 radical (unpaired) electrons. The van der Waals surface area contributed by atoms with Crippen molar-refractivity contribution in [3.8, 4) is 0 Å². The van der Waals surface area contributed by atoms with Crippen LogP contribution in [0.25, 0.3) is 0 Å². The van der Waals surface area contributed by atoms with Crippen molar-refractivity contribution in [2.45, 2.75) is 19.4 Å². The summed E-state index contributed by atoms with van der Waals surface area (Å²) in [5.74, 6) is 0.609. The number of hydrogen-bond acceptors (Lipinski definition) is 4. The molecule has 88 valence electrons. The first kappa shape index (κ1) is 11.2. The Bertz CT molecular complexity index is 337. The Morgan fingerprint density at radius 2 is 2.25 bits per heavy atom. The summed E-state index contributed by atoms with van der Waals surface area (Å²) in [7, 11) is 1.90. The van der Waals surface area contributed by atoms with Crippen molar-refractivity contribution in [2.75, 3.05) is 30.9 Å². The van der Waals surface area contributed by atoms with Crippen molar-refractivity contribution in [3.05, 3.63) is 18.5 Å². The minimum absolute atomic E-state index is 0.427. The van der Waals surface area contributed by atoms with Crippen LogP contribution < -0.4 is 10.6 Å². The molecule has 0 saturated carbocycles. The maximum absolute atomic E-state index is 5.39. The van der Waals surface area contributed by atoms with Gasteiger partial charge in [-0.3, -0.25) is 4.98 Å². The van der Waals surface area contributed by atoms with Crippen LogP contribution >= 0.6 is 0 Å². The third-order valence-electron chi connectivity index (χ3n) is 3.09. The third kappa shape index (κ3) is 2.64. The van der Waals surface area contributed by atoms with E-state index in [2.05, 4.69) is 28.6 Å². The van der Waals surface area contributed by atoms with Crippen molar-refractivity contribution in [2.24, 2.45) is 5.92 Å². The highest BCUT2D eigenvalue weighted by Gasteiger charge is 2.22. The summed E-state index contributed by atoms with van der Waals surface area (Å²) in [6.07, 6.45) is 4.81. The predicted octanol–water partition coefficient (Wildman–Crippen LogP) is 1.96. The lowest BCUT2D eigenvalue weighted by Gasteiger charge is -2.20. The van der Waals surface area contributed by atoms with Crippen LogP contribution in [0.1, 0.15) is 13.3 Å². The summed E-state index contributed by atoms with van der Waals surface area (Å²) in [6.45, 7) is 3.96. The van der Waals surface area contributed by atoms with Crippen LogP contribution in [-0.4, -0.2) is 31.3 Å². The first-order chi connectivity index (χ1) is 7.79. The fraction of sp³-hybridized carbons (Fsp3) is 0.583. The zero-order chi connectivity index (χ0) is 11.4. The highest BCUT2D eigenvalue weighted by Crippen LogP contribution is 2.21. The molecule has 4 nitrogen and oxygen atoms in total. The SMILES string of the molecule is CNc1cncc(NC(C)C2CCOC2)c1. The average Bonchev–Trinajstić information content (AvgIpc) is 2.83. The molecule has 0 aliphatic carbocycles. The first-order valence-electron chi connectivity index (χ1n) is 5.76. The van der Waals surface area contributed by atoms with Gasteiger partial charge in [-0.25, -0.2) is 0 Å². The largest absolute Gasteiger partial charge is 0.387 e. The van der Waals surface area contributed by atoms with Gasteiger partial charge in [-0.15, -0.1) is 0 Å². The van der Waals surface area contributed by atoms with Gasteiger partial charge in [-0.05, 0) is 19.4 Å². The summed E-state index contributed by atoms with van der Waals surface area (Å²) < 4.78 is 5.39. The van der Waals surface area contributed by atoms with Gasteiger partial charge in [-0.2, -0.15) is 0 Å². The molecule has 1 aromatic heterocycles. The second-order valence-corrected chi connectivity index (χ2v) is 4.27. The number of rotatable bonds is 4. The normalized spacial score (nSPS) is 21.8. The van der Waals surface area contributed by atoms with E-state index in [4.69, 9.17) is 4.74 Å². The Morgan fingerprint density at radius 1 is 1.44 bits per heavy atom. The highest BCUT2D eigenvalue weighted by atomic mass is 16.5. The Kier molecular flexibility index (Phi) is 3.62. The van der Waals surface area contributed by atoms with Crippen LogP contribution in [0.5, 0.6) is 0 Å². The van der Waals surface area contributed by atoms with Crippen LogP contribution in [0.3, 0.4) is 0 Å². The molecule has 16 heavy (non-hydrogen) atoms. The summed E-state index contributed by atoms with van der Waals surface area (Å²) in [5, 5.41) is 6.56. The molecule has 1 aliphatic rings. The number of nitrogens with zero attached hydrogens (tertiary/aromatic N) is 1. The molecule has 4 heteroatoms. The van der Waals surface area contributed by atoms with E-state index in [0.717, 1.165) is 31.0 Å². The zero-order valence-electron chi connectivity index (χ0n) is 9.86. The molecule has 1 fully saturated rings. The fourth-order valence-electron chi connectivity index (χ4n) is 1.98. The zero-order valence-corrected chi connectivity index (χ0v) is 9.86. The fourth-order valence-corrected chi connectivity index (χ4v) is 1.98. The van der Waals surface area contributed by atoms with Crippen molar-refractivity contribution < 1.29 is 4.74 Å². The van der Waals surface area contributed by atoms with Gasteiger partial charge in [0.05, 0.1) is 30.4 Å². The van der Waals surface area contributed by atoms with Gasteiger partial charge in [0, 0.05) is 25.6 Å². The molecule has 1 aliphatic heterocycles. The Hall–Kier alpha value is -1.29. The minimum Gasteiger partial charge on any atom is -0.387 e. The van der Waals surface area contributed by atoms with Gasteiger partial charge in [0.2, 0.25) is 0 Å². The van der Waals surface area contributed by atoms with Gasteiger partial charge in [0.1, 0.15) is 0 Å². The second kappa shape index (κ2) is 5.16. The molecule has 0 amide bonds. The molecule has 2 rings (SSSR count). The van der Waals surface area contributed by atoms with Crippen molar-refractivity contribution in [1.29, 1.82) is 0 Å².